The van der Waals surface area contributed by atoms with E-state index in [0.29, 0.717) is 45.7 Å². The number of amides is 2. The van der Waals surface area contributed by atoms with Gasteiger partial charge in [0.1, 0.15) is 12.3 Å². The second kappa shape index (κ2) is 8.31. The molecule has 0 radical (unpaired) electrons. The van der Waals surface area contributed by atoms with E-state index in [4.69, 9.17) is 25.6 Å². The number of para-hydroxylation sites is 1. The molecule has 3 aromatic rings. The SMILES string of the molecule is O=C(CN1N=C(c2nc(-c3ccc4c(c3)OCO4)no2)CCC1=O)Nc1ccccc1Cl. The molecule has 2 aliphatic rings. The van der Waals surface area contributed by atoms with Gasteiger partial charge in [0.15, 0.2) is 11.5 Å². The fourth-order valence-electron chi connectivity index (χ4n) is 3.26. The molecular formula is C21H16ClN5O5. The Labute approximate surface area is 186 Å². The number of hydrazone groups is 1. The van der Waals surface area contributed by atoms with Gasteiger partial charge in [0.05, 0.1) is 10.7 Å². The van der Waals surface area contributed by atoms with Crippen molar-refractivity contribution >= 4 is 34.8 Å². The maximum atomic E-state index is 12.4. The predicted octanol–water partition coefficient (Wildman–Crippen LogP) is 3.08. The molecule has 2 amide bonds. The molecule has 0 fully saturated rings. The first-order chi connectivity index (χ1) is 15.6. The Balaban J connectivity index is 1.32. The van der Waals surface area contributed by atoms with Crippen molar-refractivity contribution in [3.63, 3.8) is 0 Å². The number of anilines is 1. The molecule has 0 atom stereocenters. The normalized spacial score (nSPS) is 15.0. The highest BCUT2D eigenvalue weighted by molar-refractivity contribution is 6.33. The molecule has 3 heterocycles. The molecule has 1 aromatic heterocycles. The van der Waals surface area contributed by atoms with Crippen molar-refractivity contribution in [1.82, 2.24) is 15.1 Å². The molecule has 0 saturated heterocycles. The third-order valence-electron chi connectivity index (χ3n) is 4.85. The quantitative estimate of drug-likeness (QED) is 0.630. The smallest absolute Gasteiger partial charge is 0.274 e. The van der Waals surface area contributed by atoms with Crippen LogP contribution in [0.5, 0.6) is 11.5 Å². The maximum Gasteiger partial charge on any atom is 0.274 e. The van der Waals surface area contributed by atoms with Gasteiger partial charge in [-0.3, -0.25) is 9.59 Å². The van der Waals surface area contributed by atoms with Crippen LogP contribution in [-0.2, 0) is 9.59 Å². The van der Waals surface area contributed by atoms with Crippen LogP contribution < -0.4 is 14.8 Å². The summed E-state index contributed by atoms with van der Waals surface area (Å²) in [5.74, 6) is 1.08. The van der Waals surface area contributed by atoms with E-state index in [-0.39, 0.29) is 31.6 Å². The van der Waals surface area contributed by atoms with E-state index in [1.807, 2.05) is 0 Å². The van der Waals surface area contributed by atoms with E-state index in [1.54, 1.807) is 42.5 Å². The van der Waals surface area contributed by atoms with Crippen LogP contribution in [0.15, 0.2) is 52.1 Å². The summed E-state index contributed by atoms with van der Waals surface area (Å²) in [6, 6.07) is 12.1. The average molecular weight is 454 g/mol. The Hall–Kier alpha value is -3.92. The van der Waals surface area contributed by atoms with Gasteiger partial charge in [0.2, 0.25) is 24.4 Å². The first-order valence-electron chi connectivity index (χ1n) is 9.73. The number of hydrogen-bond donors (Lipinski definition) is 1. The van der Waals surface area contributed by atoms with Crippen LogP contribution in [0, 0.1) is 0 Å². The number of carbonyl (C=O) groups is 2. The van der Waals surface area contributed by atoms with Crippen molar-refractivity contribution in [3.05, 3.63) is 53.4 Å². The Bertz CT molecular complexity index is 1240. The molecule has 2 aliphatic heterocycles. The lowest BCUT2D eigenvalue weighted by Crippen LogP contribution is -2.38. The van der Waals surface area contributed by atoms with E-state index < -0.39 is 5.91 Å². The number of ether oxygens (including phenoxy) is 2. The number of rotatable bonds is 5. The third-order valence-corrected chi connectivity index (χ3v) is 5.18. The highest BCUT2D eigenvalue weighted by Gasteiger charge is 2.27. The number of aromatic nitrogens is 2. The molecule has 11 heteroatoms. The van der Waals surface area contributed by atoms with Gasteiger partial charge < -0.3 is 19.3 Å². The van der Waals surface area contributed by atoms with E-state index >= 15 is 0 Å². The van der Waals surface area contributed by atoms with Crippen LogP contribution in [0.4, 0.5) is 5.69 Å². The minimum atomic E-state index is -0.428. The molecule has 0 unspecified atom stereocenters. The topological polar surface area (TPSA) is 119 Å². The Morgan fingerprint density at radius 1 is 1.12 bits per heavy atom. The number of hydrogen-bond acceptors (Lipinski definition) is 8. The highest BCUT2D eigenvalue weighted by Crippen LogP contribution is 2.35. The van der Waals surface area contributed by atoms with Crippen LogP contribution in [0.3, 0.4) is 0 Å². The minimum Gasteiger partial charge on any atom is -0.454 e. The summed E-state index contributed by atoms with van der Waals surface area (Å²) in [6.45, 7) is -0.0995. The number of fused-ring (bicyclic) bond motifs is 1. The lowest BCUT2D eigenvalue weighted by molar-refractivity contribution is -0.135. The highest BCUT2D eigenvalue weighted by atomic mass is 35.5. The number of nitrogens with one attached hydrogen (secondary N) is 1. The summed E-state index contributed by atoms with van der Waals surface area (Å²) in [7, 11) is 0. The molecule has 162 valence electrons. The first kappa shape index (κ1) is 20.0. The van der Waals surface area contributed by atoms with Gasteiger partial charge in [0.25, 0.3) is 5.89 Å². The van der Waals surface area contributed by atoms with Gasteiger partial charge in [-0.1, -0.05) is 28.9 Å². The van der Waals surface area contributed by atoms with Crippen molar-refractivity contribution in [2.45, 2.75) is 12.8 Å². The van der Waals surface area contributed by atoms with Gasteiger partial charge in [-0.15, -0.1) is 0 Å². The second-order valence-corrected chi connectivity index (χ2v) is 7.42. The van der Waals surface area contributed by atoms with E-state index in [0.717, 1.165) is 5.01 Å². The van der Waals surface area contributed by atoms with E-state index in [1.165, 1.54) is 0 Å². The molecule has 5 rings (SSSR count). The van der Waals surface area contributed by atoms with Crippen LogP contribution >= 0.6 is 11.6 Å². The molecule has 10 nitrogen and oxygen atoms in total. The lowest BCUT2D eigenvalue weighted by atomic mass is 10.1. The number of benzene rings is 2. The lowest BCUT2D eigenvalue weighted by Gasteiger charge is -2.21. The fourth-order valence-corrected chi connectivity index (χ4v) is 3.44. The third kappa shape index (κ3) is 4.00. The zero-order chi connectivity index (χ0) is 22.1. The summed E-state index contributed by atoms with van der Waals surface area (Å²) in [6.07, 6.45) is 0.490. The zero-order valence-corrected chi connectivity index (χ0v) is 17.3. The van der Waals surface area contributed by atoms with Crippen LogP contribution in [0.2, 0.25) is 5.02 Å². The Morgan fingerprint density at radius 3 is 2.84 bits per heavy atom. The molecule has 0 spiro atoms. The van der Waals surface area contributed by atoms with Crippen molar-refractivity contribution in [2.24, 2.45) is 5.10 Å². The monoisotopic (exact) mass is 453 g/mol. The largest absolute Gasteiger partial charge is 0.454 e. The molecule has 1 N–H and O–H groups in total. The van der Waals surface area contributed by atoms with Gasteiger partial charge >= 0.3 is 0 Å². The van der Waals surface area contributed by atoms with Crippen molar-refractivity contribution in [2.75, 3.05) is 18.7 Å². The second-order valence-electron chi connectivity index (χ2n) is 7.02. The number of carbonyl (C=O) groups excluding carboxylic acids is 2. The fraction of sp³-hybridized carbons (Fsp3) is 0.190. The van der Waals surface area contributed by atoms with Gasteiger partial charge in [-0.25, -0.2) is 5.01 Å². The molecular weight excluding hydrogens is 438 g/mol. The van der Waals surface area contributed by atoms with Gasteiger partial charge in [0, 0.05) is 18.4 Å². The first-order valence-corrected chi connectivity index (χ1v) is 10.1. The van der Waals surface area contributed by atoms with Crippen molar-refractivity contribution < 1.29 is 23.6 Å². The summed E-state index contributed by atoms with van der Waals surface area (Å²) in [5, 5.41) is 12.4. The number of halogens is 1. The summed E-state index contributed by atoms with van der Waals surface area (Å²) in [5.41, 5.74) is 1.57. The molecule has 0 aliphatic carbocycles. The minimum absolute atomic E-state index is 0.167. The van der Waals surface area contributed by atoms with Crippen molar-refractivity contribution in [1.29, 1.82) is 0 Å². The zero-order valence-electron chi connectivity index (χ0n) is 16.6. The number of nitrogens with zero attached hydrogens (tertiary/aromatic N) is 4. The van der Waals surface area contributed by atoms with E-state index in [9.17, 15) is 9.59 Å². The van der Waals surface area contributed by atoms with Crippen LogP contribution in [0.1, 0.15) is 18.7 Å². The van der Waals surface area contributed by atoms with E-state index in [2.05, 4.69) is 20.6 Å². The summed E-state index contributed by atoms with van der Waals surface area (Å²) >= 11 is 6.06. The van der Waals surface area contributed by atoms with Crippen molar-refractivity contribution in [3.8, 4) is 22.9 Å². The summed E-state index contributed by atoms with van der Waals surface area (Å²) in [4.78, 5) is 29.1. The standard InChI is InChI=1S/C21H16ClN5O5/c22-13-3-1-2-4-14(13)23-18(28)10-27-19(29)8-6-15(25-27)21-24-20(26-32-21)12-5-7-16-17(9-12)31-11-30-16/h1-5,7,9H,6,8,10-11H2,(H,23,28). The average Bonchev–Trinajstić information content (AvgIpc) is 3.46. The predicted molar refractivity (Wildman–Crippen MR) is 113 cm³/mol. The van der Waals surface area contributed by atoms with Gasteiger partial charge in [-0.2, -0.15) is 10.1 Å². The summed E-state index contributed by atoms with van der Waals surface area (Å²) < 4.78 is 16.0. The maximum absolute atomic E-state index is 12.4. The molecule has 32 heavy (non-hydrogen) atoms. The van der Waals surface area contributed by atoms with Crippen LogP contribution in [0.25, 0.3) is 11.4 Å². The van der Waals surface area contributed by atoms with Gasteiger partial charge in [-0.05, 0) is 30.3 Å². The molecule has 0 saturated carbocycles. The Kier molecular flexibility index (Phi) is 5.20. The van der Waals surface area contributed by atoms with Crippen LogP contribution in [-0.4, -0.2) is 46.0 Å². The Morgan fingerprint density at radius 2 is 1.97 bits per heavy atom. The molecule has 2 aromatic carbocycles. The molecule has 0 bridgehead atoms.